The topological polar surface area (TPSA) is 128 Å². The lowest BCUT2D eigenvalue weighted by atomic mass is 10.0. The van der Waals surface area contributed by atoms with Crippen molar-refractivity contribution in [3.8, 4) is 0 Å². The van der Waals surface area contributed by atoms with E-state index in [0.717, 1.165) is 6.07 Å². The van der Waals surface area contributed by atoms with Gasteiger partial charge < -0.3 is 15.8 Å². The van der Waals surface area contributed by atoms with Crippen LogP contribution in [-0.2, 0) is 14.3 Å². The van der Waals surface area contributed by atoms with E-state index in [1.54, 1.807) is 19.2 Å². The molecule has 9 heteroatoms. The Kier molecular flexibility index (Phi) is 7.04. The number of esters is 1. The molecule has 8 nitrogen and oxygen atoms in total. The lowest BCUT2D eigenvalue weighted by Crippen LogP contribution is -2.48. The summed E-state index contributed by atoms with van der Waals surface area (Å²) in [5, 5.41) is 4.16. The van der Waals surface area contributed by atoms with Crippen LogP contribution in [0, 0.1) is 11.7 Å². The van der Waals surface area contributed by atoms with Crippen LogP contribution in [0.1, 0.15) is 31.1 Å². The van der Waals surface area contributed by atoms with Gasteiger partial charge in [-0.1, -0.05) is 26.0 Å². The molecular weight excluding hydrogens is 333 g/mol. The molecule has 0 radical (unpaired) electrons. The monoisotopic (exact) mass is 353 g/mol. The van der Waals surface area contributed by atoms with Crippen LogP contribution in [0.3, 0.4) is 0 Å². The van der Waals surface area contributed by atoms with Crippen molar-refractivity contribution in [3.63, 3.8) is 0 Å². The van der Waals surface area contributed by atoms with Crippen molar-refractivity contribution in [1.82, 2.24) is 10.6 Å². The summed E-state index contributed by atoms with van der Waals surface area (Å²) in [5.41, 5.74) is 4.59. The Morgan fingerprint density at radius 1 is 1.12 bits per heavy atom. The molecule has 0 aliphatic carbocycles. The van der Waals surface area contributed by atoms with Crippen molar-refractivity contribution in [2.24, 2.45) is 11.7 Å². The third kappa shape index (κ3) is 5.87. The molecule has 25 heavy (non-hydrogen) atoms. The maximum absolute atomic E-state index is 13.7. The van der Waals surface area contributed by atoms with E-state index in [4.69, 9.17) is 10.5 Å². The molecule has 0 aliphatic heterocycles. The molecule has 2 atom stereocenters. The number of benzene rings is 1. The first-order valence-electron chi connectivity index (χ1n) is 7.49. The van der Waals surface area contributed by atoms with Crippen molar-refractivity contribution in [2.45, 2.75) is 32.9 Å². The lowest BCUT2D eigenvalue weighted by molar-refractivity contribution is -0.157. The minimum atomic E-state index is -1.30. The van der Waals surface area contributed by atoms with Gasteiger partial charge in [-0.15, -0.1) is 0 Å². The molecule has 0 spiro atoms. The first-order chi connectivity index (χ1) is 11.6. The fourth-order valence-corrected chi connectivity index (χ4v) is 1.89. The highest BCUT2D eigenvalue weighted by molar-refractivity contribution is 5.98. The number of ether oxygens (including phenoxy) is 1. The summed E-state index contributed by atoms with van der Waals surface area (Å²) in [7, 11) is 0. The van der Waals surface area contributed by atoms with Gasteiger partial charge in [-0.2, -0.15) is 0 Å². The molecule has 1 rings (SSSR count). The molecule has 0 saturated carbocycles. The standard InChI is InChI=1S/C16H20FN3O5/c1-8(2)12(15(23)25-9(3)13(21)20-16(18)24)19-14(22)10-6-4-5-7-11(10)17/h4-9,12H,1-3H3,(H,19,22)(H3,18,20,21,24)/t9-,12-/m0/s1. The molecule has 4 N–H and O–H groups in total. The summed E-state index contributed by atoms with van der Waals surface area (Å²) >= 11 is 0. The Morgan fingerprint density at radius 3 is 2.24 bits per heavy atom. The zero-order chi connectivity index (χ0) is 19.1. The number of halogens is 1. The van der Waals surface area contributed by atoms with Crippen LogP contribution >= 0.6 is 0 Å². The summed E-state index contributed by atoms with van der Waals surface area (Å²) in [4.78, 5) is 46.5. The van der Waals surface area contributed by atoms with E-state index >= 15 is 0 Å². The summed E-state index contributed by atoms with van der Waals surface area (Å²) < 4.78 is 18.6. The number of hydrogen-bond donors (Lipinski definition) is 3. The molecule has 0 fully saturated rings. The second-order valence-corrected chi connectivity index (χ2v) is 5.61. The predicted octanol–water partition coefficient (Wildman–Crippen LogP) is 0.707. The zero-order valence-electron chi connectivity index (χ0n) is 14.0. The van der Waals surface area contributed by atoms with Crippen LogP contribution in [0.25, 0.3) is 0 Å². The summed E-state index contributed by atoms with van der Waals surface area (Å²) in [6, 6.07) is 3.11. The fourth-order valence-electron chi connectivity index (χ4n) is 1.89. The Balaban J connectivity index is 2.81. The van der Waals surface area contributed by atoms with Crippen LogP contribution in [0.15, 0.2) is 24.3 Å². The SMILES string of the molecule is CC(C)[C@H](NC(=O)c1ccccc1F)C(=O)O[C@@H](C)C(=O)NC(N)=O. The van der Waals surface area contributed by atoms with Crippen molar-refractivity contribution in [2.75, 3.05) is 0 Å². The van der Waals surface area contributed by atoms with Gasteiger partial charge in [0.2, 0.25) is 0 Å². The Bertz CT molecular complexity index is 677. The van der Waals surface area contributed by atoms with E-state index < -0.39 is 47.7 Å². The van der Waals surface area contributed by atoms with E-state index in [0.29, 0.717) is 0 Å². The Hall–Kier alpha value is -2.97. The summed E-state index contributed by atoms with van der Waals surface area (Å²) in [5.74, 6) is -3.71. The molecule has 0 aliphatic rings. The number of imide groups is 1. The van der Waals surface area contributed by atoms with Gasteiger partial charge in [-0.3, -0.25) is 14.9 Å². The van der Waals surface area contributed by atoms with Crippen molar-refractivity contribution in [3.05, 3.63) is 35.6 Å². The zero-order valence-corrected chi connectivity index (χ0v) is 14.0. The molecule has 0 bridgehead atoms. The Labute approximate surface area is 143 Å². The normalized spacial score (nSPS) is 12.8. The van der Waals surface area contributed by atoms with Crippen molar-refractivity contribution in [1.29, 1.82) is 0 Å². The number of urea groups is 1. The van der Waals surface area contributed by atoms with Crippen molar-refractivity contribution >= 4 is 23.8 Å². The summed E-state index contributed by atoms with van der Waals surface area (Å²) in [6.45, 7) is 4.52. The molecular formula is C16H20FN3O5. The highest BCUT2D eigenvalue weighted by Crippen LogP contribution is 2.10. The molecule has 1 aromatic carbocycles. The first-order valence-corrected chi connectivity index (χ1v) is 7.49. The van der Waals surface area contributed by atoms with E-state index in [-0.39, 0.29) is 5.56 Å². The second kappa shape index (κ2) is 8.76. The maximum Gasteiger partial charge on any atom is 0.329 e. The highest BCUT2D eigenvalue weighted by Gasteiger charge is 2.30. The first kappa shape index (κ1) is 20.1. The molecule has 136 valence electrons. The maximum atomic E-state index is 13.7. The van der Waals surface area contributed by atoms with Crippen LogP contribution in [0.2, 0.25) is 0 Å². The van der Waals surface area contributed by atoms with Gasteiger partial charge >= 0.3 is 12.0 Å². The minimum absolute atomic E-state index is 0.222. The minimum Gasteiger partial charge on any atom is -0.451 e. The van der Waals surface area contributed by atoms with Crippen LogP contribution in [-0.4, -0.2) is 36.0 Å². The molecule has 0 unspecified atom stereocenters. The predicted molar refractivity (Wildman–Crippen MR) is 85.8 cm³/mol. The summed E-state index contributed by atoms with van der Waals surface area (Å²) in [6.07, 6.45) is -1.30. The van der Waals surface area contributed by atoms with Gasteiger partial charge in [0.05, 0.1) is 5.56 Å². The van der Waals surface area contributed by atoms with Crippen LogP contribution in [0.5, 0.6) is 0 Å². The van der Waals surface area contributed by atoms with Gasteiger partial charge in [-0.25, -0.2) is 14.0 Å². The third-order valence-corrected chi connectivity index (χ3v) is 3.23. The van der Waals surface area contributed by atoms with E-state index in [1.165, 1.54) is 25.1 Å². The van der Waals surface area contributed by atoms with Crippen LogP contribution in [0.4, 0.5) is 9.18 Å². The lowest BCUT2D eigenvalue weighted by Gasteiger charge is -2.22. The number of hydrogen-bond acceptors (Lipinski definition) is 5. The third-order valence-electron chi connectivity index (χ3n) is 3.23. The molecule has 4 amide bonds. The average Bonchev–Trinajstić information content (AvgIpc) is 2.51. The number of nitrogens with two attached hydrogens (primary N) is 1. The molecule has 1 aromatic rings. The largest absolute Gasteiger partial charge is 0.451 e. The smallest absolute Gasteiger partial charge is 0.329 e. The van der Waals surface area contributed by atoms with Gasteiger partial charge in [0.25, 0.3) is 11.8 Å². The van der Waals surface area contributed by atoms with Gasteiger partial charge in [0.15, 0.2) is 6.10 Å². The Morgan fingerprint density at radius 2 is 1.72 bits per heavy atom. The fraction of sp³-hybridized carbons (Fsp3) is 0.375. The molecule has 0 aromatic heterocycles. The quantitative estimate of drug-likeness (QED) is 0.649. The number of amides is 4. The van der Waals surface area contributed by atoms with Crippen molar-refractivity contribution < 1.29 is 28.3 Å². The number of primary amides is 1. The number of rotatable bonds is 6. The average molecular weight is 353 g/mol. The second-order valence-electron chi connectivity index (χ2n) is 5.61. The van der Waals surface area contributed by atoms with Crippen LogP contribution < -0.4 is 16.4 Å². The van der Waals surface area contributed by atoms with Gasteiger partial charge in [0, 0.05) is 0 Å². The number of nitrogens with one attached hydrogen (secondary N) is 2. The molecule has 0 heterocycles. The van der Waals surface area contributed by atoms with E-state index in [1.807, 2.05) is 0 Å². The van der Waals surface area contributed by atoms with E-state index in [2.05, 4.69) is 5.32 Å². The molecule has 0 saturated heterocycles. The van der Waals surface area contributed by atoms with E-state index in [9.17, 15) is 23.6 Å². The number of carbonyl (C=O) groups excluding carboxylic acids is 4. The van der Waals surface area contributed by atoms with Gasteiger partial charge in [-0.05, 0) is 25.0 Å². The highest BCUT2D eigenvalue weighted by atomic mass is 19.1. The van der Waals surface area contributed by atoms with Gasteiger partial charge in [0.1, 0.15) is 11.9 Å². The number of carbonyl (C=O) groups is 4.